The highest BCUT2D eigenvalue weighted by Gasteiger charge is 2.26. The molecule has 1 aliphatic heterocycles. The van der Waals surface area contributed by atoms with Crippen molar-refractivity contribution in [3.63, 3.8) is 0 Å². The number of hydrogen-bond donors (Lipinski definition) is 3. The second-order valence-corrected chi connectivity index (χ2v) is 2.63. The topological polar surface area (TPSA) is 73.9 Å². The van der Waals surface area contributed by atoms with E-state index in [1.165, 1.54) is 0 Å². The van der Waals surface area contributed by atoms with Gasteiger partial charge in [0.05, 0.1) is 12.0 Å². The first kappa shape index (κ1) is 7.48. The maximum absolute atomic E-state index is 8.58. The molecule has 1 aliphatic rings. The van der Waals surface area contributed by atoms with Gasteiger partial charge in [-0.2, -0.15) is 5.26 Å². The van der Waals surface area contributed by atoms with E-state index >= 15 is 0 Å². The second-order valence-electron chi connectivity index (χ2n) is 2.63. The van der Waals surface area contributed by atoms with E-state index in [1.807, 2.05) is 6.92 Å². The van der Waals surface area contributed by atoms with Crippen LogP contribution in [-0.4, -0.2) is 18.6 Å². The quantitative estimate of drug-likeness (QED) is 0.401. The zero-order valence-electron chi connectivity index (χ0n) is 5.96. The Hall–Kier alpha value is -0.630. The molecule has 56 valence electrons. The fourth-order valence-electron chi connectivity index (χ4n) is 1.04. The van der Waals surface area contributed by atoms with Gasteiger partial charge in [-0.25, -0.2) is 0 Å². The summed E-state index contributed by atoms with van der Waals surface area (Å²) in [5.74, 6) is -0.0590. The minimum Gasteiger partial charge on any atom is -0.325 e. The van der Waals surface area contributed by atoms with E-state index in [2.05, 4.69) is 16.9 Å². The molecule has 0 spiro atoms. The van der Waals surface area contributed by atoms with Gasteiger partial charge in [0, 0.05) is 18.6 Å². The van der Waals surface area contributed by atoms with Crippen molar-refractivity contribution < 1.29 is 0 Å². The first-order valence-electron chi connectivity index (χ1n) is 3.39. The van der Waals surface area contributed by atoms with Crippen LogP contribution in [0.15, 0.2) is 0 Å². The number of nitrogens with two attached hydrogens (primary N) is 1. The van der Waals surface area contributed by atoms with E-state index in [-0.39, 0.29) is 18.0 Å². The largest absolute Gasteiger partial charge is 0.325 e. The lowest BCUT2D eigenvalue weighted by atomic mass is 9.95. The van der Waals surface area contributed by atoms with E-state index in [1.54, 1.807) is 0 Å². The third kappa shape index (κ3) is 1.27. The molecule has 0 amide bonds. The molecule has 0 aromatic heterocycles. The average Bonchev–Trinajstić information content (AvgIpc) is 1.95. The summed E-state index contributed by atoms with van der Waals surface area (Å²) in [6.45, 7) is 2.60. The van der Waals surface area contributed by atoms with Crippen molar-refractivity contribution >= 4 is 0 Å². The molecule has 4 N–H and O–H groups in total. The molecular formula is C6H12N4. The third-order valence-electron chi connectivity index (χ3n) is 1.86. The summed E-state index contributed by atoms with van der Waals surface area (Å²) in [4.78, 5) is 0. The Kier molecular flexibility index (Phi) is 2.22. The Labute approximate surface area is 60.4 Å². The molecule has 1 rings (SSSR count). The minimum atomic E-state index is -0.0590. The van der Waals surface area contributed by atoms with Crippen molar-refractivity contribution in [2.75, 3.05) is 6.54 Å². The summed E-state index contributed by atoms with van der Waals surface area (Å²) < 4.78 is 0. The first-order valence-corrected chi connectivity index (χ1v) is 3.39. The molecule has 1 heterocycles. The summed E-state index contributed by atoms with van der Waals surface area (Å²) in [5.41, 5.74) is 11.6. The molecule has 0 aromatic carbocycles. The molecule has 10 heavy (non-hydrogen) atoms. The Balaban J connectivity index is 2.53. The van der Waals surface area contributed by atoms with Gasteiger partial charge in [-0.1, -0.05) is 0 Å². The standard InChI is InChI=1S/C6H12N4/c1-4-6(8)5(2-7)3-9-10-4/h4-6,9-10H,3,8H2,1H3. The Bertz CT molecular complexity index is 150. The molecule has 1 saturated heterocycles. The molecule has 0 radical (unpaired) electrons. The van der Waals surface area contributed by atoms with Gasteiger partial charge in [-0.15, -0.1) is 0 Å². The van der Waals surface area contributed by atoms with E-state index in [4.69, 9.17) is 11.0 Å². The van der Waals surface area contributed by atoms with Crippen molar-refractivity contribution in [2.24, 2.45) is 11.7 Å². The van der Waals surface area contributed by atoms with Crippen LogP contribution in [0.4, 0.5) is 0 Å². The van der Waals surface area contributed by atoms with Crippen LogP contribution >= 0.6 is 0 Å². The molecule has 0 aromatic rings. The van der Waals surface area contributed by atoms with Gasteiger partial charge >= 0.3 is 0 Å². The number of nitrogens with zero attached hydrogens (tertiary/aromatic N) is 1. The van der Waals surface area contributed by atoms with Crippen LogP contribution in [0.3, 0.4) is 0 Å². The monoisotopic (exact) mass is 140 g/mol. The molecule has 0 aliphatic carbocycles. The van der Waals surface area contributed by atoms with Gasteiger partial charge in [0.2, 0.25) is 0 Å². The number of rotatable bonds is 0. The zero-order chi connectivity index (χ0) is 7.56. The van der Waals surface area contributed by atoms with E-state index in [0.717, 1.165) is 0 Å². The van der Waals surface area contributed by atoms with Crippen LogP contribution in [0.2, 0.25) is 0 Å². The second kappa shape index (κ2) is 2.97. The fourth-order valence-corrected chi connectivity index (χ4v) is 1.04. The fraction of sp³-hybridized carbons (Fsp3) is 0.833. The van der Waals surface area contributed by atoms with Gasteiger partial charge in [0.1, 0.15) is 0 Å². The van der Waals surface area contributed by atoms with E-state index in [0.29, 0.717) is 6.54 Å². The van der Waals surface area contributed by atoms with Crippen LogP contribution in [-0.2, 0) is 0 Å². The maximum atomic E-state index is 8.58. The van der Waals surface area contributed by atoms with Crippen LogP contribution in [0.25, 0.3) is 0 Å². The normalized spacial score (nSPS) is 40.7. The molecule has 3 atom stereocenters. The van der Waals surface area contributed by atoms with Gasteiger partial charge in [0.15, 0.2) is 0 Å². The van der Waals surface area contributed by atoms with Crippen molar-refractivity contribution in [1.29, 1.82) is 5.26 Å². The number of nitrogens with one attached hydrogen (secondary N) is 2. The molecule has 0 bridgehead atoms. The molecule has 0 saturated carbocycles. The first-order chi connectivity index (χ1) is 4.75. The summed E-state index contributed by atoms with van der Waals surface area (Å²) in [5, 5.41) is 8.58. The molecule has 1 fully saturated rings. The van der Waals surface area contributed by atoms with Crippen LogP contribution < -0.4 is 16.6 Å². The third-order valence-corrected chi connectivity index (χ3v) is 1.86. The smallest absolute Gasteiger partial charge is 0.0768 e. The Morgan fingerprint density at radius 1 is 1.70 bits per heavy atom. The molecule has 4 heteroatoms. The minimum absolute atomic E-state index is 0.0498. The predicted molar refractivity (Wildman–Crippen MR) is 37.7 cm³/mol. The molecule has 3 unspecified atom stereocenters. The maximum Gasteiger partial charge on any atom is 0.0768 e. The predicted octanol–water partition coefficient (Wildman–Crippen LogP) is -1.05. The summed E-state index contributed by atoms with van der Waals surface area (Å²) >= 11 is 0. The van der Waals surface area contributed by atoms with Crippen molar-refractivity contribution in [3.8, 4) is 6.07 Å². The highest BCUT2D eigenvalue weighted by atomic mass is 15.4. The lowest BCUT2D eigenvalue weighted by Crippen LogP contribution is -2.60. The van der Waals surface area contributed by atoms with Crippen molar-refractivity contribution in [2.45, 2.75) is 19.0 Å². The van der Waals surface area contributed by atoms with Crippen molar-refractivity contribution in [3.05, 3.63) is 0 Å². The number of hydrogen-bond acceptors (Lipinski definition) is 4. The number of nitriles is 1. The van der Waals surface area contributed by atoms with Gasteiger partial charge in [-0.05, 0) is 6.92 Å². The SMILES string of the molecule is CC1NNCC(C#N)C1N. The van der Waals surface area contributed by atoms with Gasteiger partial charge < -0.3 is 5.73 Å². The summed E-state index contributed by atoms with van der Waals surface area (Å²) in [7, 11) is 0. The zero-order valence-corrected chi connectivity index (χ0v) is 5.96. The lowest BCUT2D eigenvalue weighted by molar-refractivity contribution is 0.275. The summed E-state index contributed by atoms with van der Waals surface area (Å²) in [6, 6.07) is 2.29. The highest BCUT2D eigenvalue weighted by molar-refractivity contribution is 4.98. The Morgan fingerprint density at radius 2 is 2.40 bits per heavy atom. The average molecular weight is 140 g/mol. The van der Waals surface area contributed by atoms with Gasteiger partial charge in [-0.3, -0.25) is 10.9 Å². The lowest BCUT2D eigenvalue weighted by Gasteiger charge is -2.31. The van der Waals surface area contributed by atoms with Gasteiger partial charge in [0.25, 0.3) is 0 Å². The molecular weight excluding hydrogens is 128 g/mol. The van der Waals surface area contributed by atoms with Crippen LogP contribution in [0.5, 0.6) is 0 Å². The highest BCUT2D eigenvalue weighted by Crippen LogP contribution is 2.06. The molecule has 4 nitrogen and oxygen atoms in total. The summed E-state index contributed by atoms with van der Waals surface area (Å²) in [6.07, 6.45) is 0. The number of hydrazine groups is 1. The van der Waals surface area contributed by atoms with E-state index in [9.17, 15) is 0 Å². The van der Waals surface area contributed by atoms with Crippen molar-refractivity contribution in [1.82, 2.24) is 10.9 Å². The van der Waals surface area contributed by atoms with Crippen LogP contribution in [0.1, 0.15) is 6.92 Å². The Morgan fingerprint density at radius 3 is 2.90 bits per heavy atom. The van der Waals surface area contributed by atoms with E-state index < -0.39 is 0 Å². The van der Waals surface area contributed by atoms with Crippen LogP contribution in [0, 0.1) is 17.2 Å².